The predicted molar refractivity (Wildman–Crippen MR) is 60.5 cm³/mol. The number of halogens is 2. The fourth-order valence-corrected chi connectivity index (χ4v) is 2.01. The van der Waals surface area contributed by atoms with E-state index in [0.717, 1.165) is 18.9 Å². The van der Waals surface area contributed by atoms with E-state index in [2.05, 4.69) is 5.32 Å². The molecule has 2 rings (SSSR count). The monoisotopic (exact) mass is 250 g/mol. The Morgan fingerprint density at radius 1 is 1.44 bits per heavy atom. The van der Waals surface area contributed by atoms with Crippen molar-refractivity contribution >= 4 is 5.91 Å². The fraction of sp³-hybridized carbons (Fsp3) is 0.385. The number of rotatable bonds is 4. The summed E-state index contributed by atoms with van der Waals surface area (Å²) in [6.45, 7) is 0.288. The molecule has 1 N–H and O–H groups in total. The van der Waals surface area contributed by atoms with Gasteiger partial charge in [0.15, 0.2) is 0 Å². The zero-order valence-electron chi connectivity index (χ0n) is 9.67. The molecule has 3 nitrogen and oxygen atoms in total. The van der Waals surface area contributed by atoms with E-state index in [1.807, 2.05) is 0 Å². The van der Waals surface area contributed by atoms with Crippen molar-refractivity contribution < 1.29 is 13.6 Å². The first-order valence-electron chi connectivity index (χ1n) is 5.67. The minimum absolute atomic E-state index is 0.206. The number of nitriles is 1. The lowest BCUT2D eigenvalue weighted by molar-refractivity contribution is -0.120. The van der Waals surface area contributed by atoms with Crippen LogP contribution in [0.4, 0.5) is 8.78 Å². The average Bonchev–Trinajstić information content (AvgIpc) is 3.08. The summed E-state index contributed by atoms with van der Waals surface area (Å²) in [7, 11) is 0. The first-order chi connectivity index (χ1) is 8.57. The molecular formula is C13H12F2N2O. The molecule has 1 aromatic carbocycles. The largest absolute Gasteiger partial charge is 0.354 e. The van der Waals surface area contributed by atoms with Gasteiger partial charge in [-0.1, -0.05) is 6.07 Å². The molecule has 1 fully saturated rings. The summed E-state index contributed by atoms with van der Waals surface area (Å²) in [4.78, 5) is 11.2. The summed E-state index contributed by atoms with van der Waals surface area (Å²) < 4.78 is 26.5. The average molecular weight is 250 g/mol. The van der Waals surface area contributed by atoms with E-state index in [4.69, 9.17) is 5.26 Å². The molecule has 18 heavy (non-hydrogen) atoms. The van der Waals surface area contributed by atoms with E-state index in [0.29, 0.717) is 5.56 Å². The SMILES string of the molecule is N#CCC(=O)NCC1(c2ccc(F)cc2F)CC1. The normalized spacial score (nSPS) is 15.8. The molecule has 0 saturated heterocycles. The molecule has 1 aliphatic rings. The van der Waals surface area contributed by atoms with Gasteiger partial charge in [0.1, 0.15) is 18.1 Å². The molecule has 94 valence electrons. The zero-order chi connectivity index (χ0) is 13.2. The summed E-state index contributed by atoms with van der Waals surface area (Å²) in [6, 6.07) is 5.24. The van der Waals surface area contributed by atoms with Crippen molar-refractivity contribution in [2.45, 2.75) is 24.7 Å². The van der Waals surface area contributed by atoms with E-state index in [-0.39, 0.29) is 18.9 Å². The molecule has 0 heterocycles. The first kappa shape index (κ1) is 12.5. The number of hydrogen-bond acceptors (Lipinski definition) is 2. The second-order valence-corrected chi connectivity index (χ2v) is 4.52. The van der Waals surface area contributed by atoms with Crippen LogP contribution in [0.25, 0.3) is 0 Å². The zero-order valence-corrected chi connectivity index (χ0v) is 9.67. The molecule has 0 unspecified atom stereocenters. The Morgan fingerprint density at radius 2 is 2.17 bits per heavy atom. The van der Waals surface area contributed by atoms with Crippen LogP contribution >= 0.6 is 0 Å². The van der Waals surface area contributed by atoms with E-state index < -0.39 is 17.0 Å². The van der Waals surface area contributed by atoms with E-state index in [9.17, 15) is 13.6 Å². The Labute approximate surface area is 103 Å². The summed E-state index contributed by atoms with van der Waals surface area (Å²) in [6.07, 6.45) is 1.30. The van der Waals surface area contributed by atoms with Gasteiger partial charge >= 0.3 is 0 Å². The van der Waals surface area contributed by atoms with Gasteiger partial charge in [0.2, 0.25) is 5.91 Å². The number of carbonyl (C=O) groups excluding carboxylic acids is 1. The Balaban J connectivity index is 2.08. The van der Waals surface area contributed by atoms with Crippen molar-refractivity contribution in [2.75, 3.05) is 6.54 Å². The summed E-state index contributed by atoms with van der Waals surface area (Å²) in [5.41, 5.74) is 0.00395. The summed E-state index contributed by atoms with van der Waals surface area (Å²) in [5, 5.41) is 11.0. The van der Waals surface area contributed by atoms with E-state index >= 15 is 0 Å². The number of amides is 1. The Hall–Kier alpha value is -1.96. The molecule has 1 aliphatic carbocycles. The lowest BCUT2D eigenvalue weighted by atomic mass is 9.95. The van der Waals surface area contributed by atoms with Gasteiger partial charge in [0, 0.05) is 18.0 Å². The Morgan fingerprint density at radius 3 is 2.72 bits per heavy atom. The van der Waals surface area contributed by atoms with Crippen LogP contribution < -0.4 is 5.32 Å². The van der Waals surface area contributed by atoms with Gasteiger partial charge in [-0.2, -0.15) is 5.26 Å². The van der Waals surface area contributed by atoms with Gasteiger partial charge in [-0.25, -0.2) is 8.78 Å². The Kier molecular flexibility index (Phi) is 3.28. The van der Waals surface area contributed by atoms with Crippen molar-refractivity contribution in [3.05, 3.63) is 35.4 Å². The van der Waals surface area contributed by atoms with Gasteiger partial charge in [-0.15, -0.1) is 0 Å². The lowest BCUT2D eigenvalue weighted by Gasteiger charge is -2.17. The van der Waals surface area contributed by atoms with Crippen LogP contribution in [0.1, 0.15) is 24.8 Å². The number of benzene rings is 1. The first-order valence-corrected chi connectivity index (χ1v) is 5.67. The number of hydrogen-bond donors (Lipinski definition) is 1. The summed E-state index contributed by atoms with van der Waals surface area (Å²) in [5.74, 6) is -1.56. The third-order valence-electron chi connectivity index (χ3n) is 3.22. The molecule has 1 amide bonds. The highest BCUT2D eigenvalue weighted by Gasteiger charge is 2.46. The van der Waals surface area contributed by atoms with E-state index in [1.165, 1.54) is 12.1 Å². The lowest BCUT2D eigenvalue weighted by Crippen LogP contribution is -2.32. The second-order valence-electron chi connectivity index (χ2n) is 4.52. The molecule has 0 aromatic heterocycles. The van der Waals surface area contributed by atoms with Crippen molar-refractivity contribution in [3.63, 3.8) is 0 Å². The molecule has 0 spiro atoms. The smallest absolute Gasteiger partial charge is 0.234 e. The fourth-order valence-electron chi connectivity index (χ4n) is 2.01. The molecule has 5 heteroatoms. The maximum atomic E-state index is 13.7. The molecule has 1 saturated carbocycles. The highest BCUT2D eigenvalue weighted by atomic mass is 19.1. The highest BCUT2D eigenvalue weighted by molar-refractivity contribution is 5.78. The molecule has 0 atom stereocenters. The van der Waals surface area contributed by atoms with Crippen LogP contribution in [0.5, 0.6) is 0 Å². The van der Waals surface area contributed by atoms with Crippen LogP contribution in [0.2, 0.25) is 0 Å². The van der Waals surface area contributed by atoms with Crippen LogP contribution in [0.15, 0.2) is 18.2 Å². The van der Waals surface area contributed by atoms with Crippen LogP contribution in [0, 0.1) is 23.0 Å². The molecular weight excluding hydrogens is 238 g/mol. The highest BCUT2D eigenvalue weighted by Crippen LogP contribution is 2.48. The van der Waals surface area contributed by atoms with Gasteiger partial charge in [0.05, 0.1) is 6.07 Å². The number of nitrogens with zero attached hydrogens (tertiary/aromatic N) is 1. The van der Waals surface area contributed by atoms with E-state index in [1.54, 1.807) is 6.07 Å². The van der Waals surface area contributed by atoms with Crippen molar-refractivity contribution in [1.29, 1.82) is 5.26 Å². The molecule has 0 radical (unpaired) electrons. The standard InChI is InChI=1S/C13H12F2N2O/c14-9-1-2-10(11(15)7-9)13(4-5-13)8-17-12(18)3-6-16/h1-2,7H,3-5,8H2,(H,17,18). The minimum Gasteiger partial charge on any atom is -0.354 e. The Bertz CT molecular complexity index is 518. The molecule has 0 aliphatic heterocycles. The minimum atomic E-state index is -0.611. The van der Waals surface area contributed by atoms with Crippen LogP contribution in [-0.2, 0) is 10.2 Å². The summed E-state index contributed by atoms with van der Waals surface area (Å²) >= 11 is 0. The van der Waals surface area contributed by atoms with Gasteiger partial charge in [-0.3, -0.25) is 4.79 Å². The molecule has 1 aromatic rings. The second kappa shape index (κ2) is 4.73. The quantitative estimate of drug-likeness (QED) is 0.888. The third-order valence-corrected chi connectivity index (χ3v) is 3.22. The molecule has 0 bridgehead atoms. The maximum Gasteiger partial charge on any atom is 0.234 e. The van der Waals surface area contributed by atoms with Crippen LogP contribution in [-0.4, -0.2) is 12.5 Å². The van der Waals surface area contributed by atoms with Crippen molar-refractivity contribution in [3.8, 4) is 6.07 Å². The van der Waals surface area contributed by atoms with Gasteiger partial charge < -0.3 is 5.32 Å². The number of carbonyl (C=O) groups is 1. The van der Waals surface area contributed by atoms with Gasteiger partial charge in [-0.05, 0) is 24.5 Å². The van der Waals surface area contributed by atoms with Crippen molar-refractivity contribution in [1.82, 2.24) is 5.32 Å². The number of nitrogens with one attached hydrogen (secondary N) is 1. The maximum absolute atomic E-state index is 13.7. The topological polar surface area (TPSA) is 52.9 Å². The van der Waals surface area contributed by atoms with Crippen LogP contribution in [0.3, 0.4) is 0 Å². The predicted octanol–water partition coefficient (Wildman–Crippen LogP) is 2.03. The van der Waals surface area contributed by atoms with Crippen molar-refractivity contribution in [2.24, 2.45) is 0 Å². The van der Waals surface area contributed by atoms with Gasteiger partial charge in [0.25, 0.3) is 0 Å². The third kappa shape index (κ3) is 2.48.